The van der Waals surface area contributed by atoms with Gasteiger partial charge in [-0.2, -0.15) is 5.10 Å². The molecule has 0 atom stereocenters. The number of nitro benzene ring substituents is 1. The van der Waals surface area contributed by atoms with Crippen molar-refractivity contribution < 1.29 is 14.5 Å². The molecule has 3 aromatic carbocycles. The number of hydrogen-bond acceptors (Lipinski definition) is 6. The molecule has 0 aliphatic rings. The van der Waals surface area contributed by atoms with Crippen LogP contribution >= 0.6 is 0 Å². The standard InChI is InChI=1S/C26H25N5O4/c1-35-15-14-27-23-13-12-20(16-24(23)31(33)34)26(32)28-17-21-18-30(22-10-6-3-7-11-22)29-25(21)19-8-4-2-5-9-19/h2-13,16,18,27H,14-15,17H2,1H3,(H,28,32). The van der Waals surface area contributed by atoms with Crippen molar-refractivity contribution in [1.29, 1.82) is 0 Å². The van der Waals surface area contributed by atoms with Gasteiger partial charge < -0.3 is 15.4 Å². The fraction of sp³-hybridized carbons (Fsp3) is 0.154. The number of ether oxygens (including phenoxy) is 1. The van der Waals surface area contributed by atoms with Gasteiger partial charge in [0.25, 0.3) is 11.6 Å². The number of rotatable bonds is 10. The van der Waals surface area contributed by atoms with Crippen LogP contribution in [0.1, 0.15) is 15.9 Å². The van der Waals surface area contributed by atoms with Crippen LogP contribution in [-0.4, -0.2) is 40.9 Å². The summed E-state index contributed by atoms with van der Waals surface area (Å²) in [4.78, 5) is 23.9. The average molecular weight is 472 g/mol. The van der Waals surface area contributed by atoms with Gasteiger partial charge in [-0.3, -0.25) is 14.9 Å². The number of benzene rings is 3. The Morgan fingerprint density at radius 3 is 2.46 bits per heavy atom. The molecule has 9 heteroatoms. The highest BCUT2D eigenvalue weighted by molar-refractivity contribution is 5.95. The normalized spacial score (nSPS) is 10.7. The number of aromatic nitrogens is 2. The highest BCUT2D eigenvalue weighted by atomic mass is 16.6. The lowest BCUT2D eigenvalue weighted by molar-refractivity contribution is -0.384. The molecule has 35 heavy (non-hydrogen) atoms. The molecule has 2 N–H and O–H groups in total. The molecule has 0 aliphatic carbocycles. The van der Waals surface area contributed by atoms with Crippen molar-refractivity contribution in [3.05, 3.63) is 106 Å². The molecule has 0 fully saturated rings. The fourth-order valence-corrected chi connectivity index (χ4v) is 3.63. The summed E-state index contributed by atoms with van der Waals surface area (Å²) in [5.41, 5.74) is 3.75. The lowest BCUT2D eigenvalue weighted by Gasteiger charge is -2.09. The van der Waals surface area contributed by atoms with Gasteiger partial charge in [-0.05, 0) is 24.3 Å². The Hall–Kier alpha value is -4.50. The van der Waals surface area contributed by atoms with Gasteiger partial charge in [0.05, 0.1) is 22.9 Å². The summed E-state index contributed by atoms with van der Waals surface area (Å²) >= 11 is 0. The first-order chi connectivity index (χ1) is 17.1. The van der Waals surface area contributed by atoms with Gasteiger partial charge in [-0.1, -0.05) is 48.5 Å². The Kier molecular flexibility index (Phi) is 7.49. The second-order valence-corrected chi connectivity index (χ2v) is 7.74. The van der Waals surface area contributed by atoms with Gasteiger partial charge in [0.2, 0.25) is 0 Å². The van der Waals surface area contributed by atoms with Crippen LogP contribution in [-0.2, 0) is 11.3 Å². The Labute approximate surface area is 202 Å². The third kappa shape index (κ3) is 5.71. The zero-order chi connectivity index (χ0) is 24.6. The summed E-state index contributed by atoms with van der Waals surface area (Å²) in [7, 11) is 1.55. The quantitative estimate of drug-likeness (QED) is 0.201. The summed E-state index contributed by atoms with van der Waals surface area (Å²) in [6.45, 7) is 1.02. The molecule has 1 aromatic heterocycles. The first kappa shape index (κ1) is 23.7. The van der Waals surface area contributed by atoms with E-state index >= 15 is 0 Å². The third-order valence-electron chi connectivity index (χ3n) is 5.38. The van der Waals surface area contributed by atoms with Crippen molar-refractivity contribution in [2.45, 2.75) is 6.54 Å². The molecule has 0 radical (unpaired) electrons. The molecule has 1 amide bonds. The van der Waals surface area contributed by atoms with Crippen LogP contribution in [0.4, 0.5) is 11.4 Å². The van der Waals surface area contributed by atoms with Crippen molar-refractivity contribution in [2.24, 2.45) is 0 Å². The number of anilines is 1. The molecule has 1 heterocycles. The van der Waals surface area contributed by atoms with Gasteiger partial charge in [0, 0.05) is 49.2 Å². The van der Waals surface area contributed by atoms with Crippen LogP contribution in [0.3, 0.4) is 0 Å². The van der Waals surface area contributed by atoms with E-state index in [0.717, 1.165) is 22.5 Å². The predicted octanol–water partition coefficient (Wildman–Crippen LogP) is 4.44. The lowest BCUT2D eigenvalue weighted by atomic mass is 10.1. The maximum absolute atomic E-state index is 12.9. The molecule has 0 unspecified atom stereocenters. The van der Waals surface area contributed by atoms with Crippen molar-refractivity contribution in [1.82, 2.24) is 15.1 Å². The highest BCUT2D eigenvalue weighted by Gasteiger charge is 2.19. The second kappa shape index (κ2) is 11.1. The monoisotopic (exact) mass is 471 g/mol. The van der Waals surface area contributed by atoms with Gasteiger partial charge in [-0.25, -0.2) is 4.68 Å². The van der Waals surface area contributed by atoms with Crippen LogP contribution in [0.25, 0.3) is 16.9 Å². The van der Waals surface area contributed by atoms with Gasteiger partial charge in [-0.15, -0.1) is 0 Å². The Morgan fingerprint density at radius 1 is 1.06 bits per heavy atom. The van der Waals surface area contributed by atoms with E-state index in [-0.39, 0.29) is 17.8 Å². The van der Waals surface area contributed by atoms with Gasteiger partial charge in [0.15, 0.2) is 0 Å². The molecule has 9 nitrogen and oxygen atoms in total. The predicted molar refractivity (Wildman–Crippen MR) is 134 cm³/mol. The van der Waals surface area contributed by atoms with Crippen LogP contribution in [0.2, 0.25) is 0 Å². The Morgan fingerprint density at radius 2 is 1.77 bits per heavy atom. The van der Waals surface area contributed by atoms with E-state index in [4.69, 9.17) is 9.84 Å². The largest absolute Gasteiger partial charge is 0.383 e. The Balaban J connectivity index is 1.56. The Bertz CT molecular complexity index is 1310. The van der Waals surface area contributed by atoms with E-state index in [1.807, 2.05) is 66.9 Å². The molecule has 178 valence electrons. The molecule has 0 aliphatic heterocycles. The van der Waals surface area contributed by atoms with Crippen molar-refractivity contribution >= 4 is 17.3 Å². The second-order valence-electron chi connectivity index (χ2n) is 7.74. The van der Waals surface area contributed by atoms with Crippen LogP contribution in [0.5, 0.6) is 0 Å². The number of carbonyl (C=O) groups excluding carboxylic acids is 1. The molecular weight excluding hydrogens is 446 g/mol. The summed E-state index contributed by atoms with van der Waals surface area (Å²) in [5.74, 6) is -0.414. The number of nitrogens with one attached hydrogen (secondary N) is 2. The molecule has 0 bridgehead atoms. The first-order valence-corrected chi connectivity index (χ1v) is 11.1. The topological polar surface area (TPSA) is 111 Å². The number of hydrogen-bond donors (Lipinski definition) is 2. The average Bonchev–Trinajstić information content (AvgIpc) is 3.33. The number of carbonyl (C=O) groups is 1. The van der Waals surface area contributed by atoms with Gasteiger partial charge in [0.1, 0.15) is 5.69 Å². The smallest absolute Gasteiger partial charge is 0.293 e. The van der Waals surface area contributed by atoms with E-state index in [9.17, 15) is 14.9 Å². The van der Waals surface area contributed by atoms with E-state index in [2.05, 4.69) is 10.6 Å². The van der Waals surface area contributed by atoms with Crippen molar-refractivity contribution in [3.63, 3.8) is 0 Å². The van der Waals surface area contributed by atoms with Crippen molar-refractivity contribution in [3.8, 4) is 16.9 Å². The van der Waals surface area contributed by atoms with Crippen LogP contribution in [0.15, 0.2) is 85.1 Å². The summed E-state index contributed by atoms with van der Waals surface area (Å²) in [6.07, 6.45) is 1.88. The lowest BCUT2D eigenvalue weighted by Crippen LogP contribution is -2.23. The molecule has 4 aromatic rings. The van der Waals surface area contributed by atoms with E-state index < -0.39 is 10.8 Å². The molecule has 4 rings (SSSR count). The molecular formula is C26H25N5O4. The SMILES string of the molecule is COCCNc1ccc(C(=O)NCc2cn(-c3ccccc3)nc2-c2ccccc2)cc1[N+](=O)[O-]. The third-order valence-corrected chi connectivity index (χ3v) is 5.38. The molecule has 0 saturated heterocycles. The number of para-hydroxylation sites is 1. The molecule has 0 saturated carbocycles. The molecule has 0 spiro atoms. The number of nitro groups is 1. The number of methoxy groups -OCH3 is 1. The maximum atomic E-state index is 12.9. The van der Waals surface area contributed by atoms with Crippen LogP contribution < -0.4 is 10.6 Å². The minimum absolute atomic E-state index is 0.171. The highest BCUT2D eigenvalue weighted by Crippen LogP contribution is 2.26. The zero-order valence-corrected chi connectivity index (χ0v) is 19.2. The minimum Gasteiger partial charge on any atom is -0.383 e. The van der Waals surface area contributed by atoms with E-state index in [1.54, 1.807) is 17.9 Å². The summed E-state index contributed by atoms with van der Waals surface area (Å²) in [6, 6.07) is 23.8. The number of amides is 1. The van der Waals surface area contributed by atoms with Gasteiger partial charge >= 0.3 is 0 Å². The van der Waals surface area contributed by atoms with E-state index in [0.29, 0.717) is 18.8 Å². The summed E-state index contributed by atoms with van der Waals surface area (Å²) < 4.78 is 6.74. The fourth-order valence-electron chi connectivity index (χ4n) is 3.63. The number of nitrogens with zero attached hydrogens (tertiary/aromatic N) is 3. The minimum atomic E-state index is -0.511. The van der Waals surface area contributed by atoms with E-state index in [1.165, 1.54) is 12.1 Å². The van der Waals surface area contributed by atoms with Crippen LogP contribution in [0, 0.1) is 10.1 Å². The zero-order valence-electron chi connectivity index (χ0n) is 19.2. The first-order valence-electron chi connectivity index (χ1n) is 11.1. The van der Waals surface area contributed by atoms with Crippen molar-refractivity contribution in [2.75, 3.05) is 25.6 Å². The maximum Gasteiger partial charge on any atom is 0.293 e. The summed E-state index contributed by atoms with van der Waals surface area (Å²) in [5, 5.41) is 22.1.